The van der Waals surface area contributed by atoms with Crippen molar-refractivity contribution in [1.82, 2.24) is 14.8 Å². The Hall–Kier alpha value is -3.79. The standard InChI is InChI=1S/C14H22N2O3.C11H10N2O2S/c1-15(2)14(17)16(3)9-8-11-6-7-12(18-4)13(10-11)19-5;1-6-3-2-4-7(5-6)9-8(10(14)15)13-11(12)16-9/h6-7,10H,8-9H2,1-5H3;2-5H,1H3,(H2,12,13)(H,14,15). The Balaban J connectivity index is 0.000000250. The summed E-state index contributed by atoms with van der Waals surface area (Å²) >= 11 is 1.19. The molecule has 0 spiro atoms. The van der Waals surface area contributed by atoms with Crippen LogP contribution in [0.1, 0.15) is 21.6 Å². The molecule has 188 valence electrons. The van der Waals surface area contributed by atoms with Gasteiger partial charge in [-0.2, -0.15) is 0 Å². The lowest BCUT2D eigenvalue weighted by molar-refractivity contribution is 0.0692. The highest BCUT2D eigenvalue weighted by atomic mass is 32.1. The van der Waals surface area contributed by atoms with E-state index < -0.39 is 5.97 Å². The predicted molar refractivity (Wildman–Crippen MR) is 139 cm³/mol. The summed E-state index contributed by atoms with van der Waals surface area (Å²) in [5.74, 6) is 0.370. The van der Waals surface area contributed by atoms with E-state index in [4.69, 9.17) is 20.3 Å². The van der Waals surface area contributed by atoms with Crippen LogP contribution < -0.4 is 15.2 Å². The minimum atomic E-state index is -1.05. The molecular formula is C25H32N4O5S. The molecule has 3 N–H and O–H groups in total. The molecule has 0 aliphatic heterocycles. The average molecular weight is 501 g/mol. The number of methoxy groups -OCH3 is 2. The number of rotatable bonds is 7. The van der Waals surface area contributed by atoms with Crippen LogP contribution in [0.5, 0.6) is 11.5 Å². The van der Waals surface area contributed by atoms with Crippen molar-refractivity contribution in [3.63, 3.8) is 0 Å². The van der Waals surface area contributed by atoms with E-state index in [1.165, 1.54) is 11.3 Å². The van der Waals surface area contributed by atoms with Gasteiger partial charge in [0.15, 0.2) is 22.3 Å². The third-order valence-corrected chi connectivity index (χ3v) is 5.95. The number of benzene rings is 2. The number of urea groups is 1. The van der Waals surface area contributed by atoms with Crippen LogP contribution in [0, 0.1) is 6.92 Å². The molecule has 10 heteroatoms. The van der Waals surface area contributed by atoms with Gasteiger partial charge in [-0.05, 0) is 36.6 Å². The second-order valence-electron chi connectivity index (χ2n) is 7.94. The number of ether oxygens (including phenoxy) is 2. The number of likely N-dealkylation sites (N-methyl/N-ethyl adjacent to an activating group) is 1. The van der Waals surface area contributed by atoms with Crippen LogP contribution in [-0.4, -0.2) is 73.8 Å². The van der Waals surface area contributed by atoms with E-state index in [9.17, 15) is 9.59 Å². The van der Waals surface area contributed by atoms with Gasteiger partial charge in [-0.1, -0.05) is 47.2 Å². The topological polar surface area (TPSA) is 118 Å². The SMILES string of the molecule is COc1ccc(CCN(C)C(=O)N(C)C)cc1OC.Cc1cccc(-c2sc(N)nc2C(=O)O)c1. The fourth-order valence-electron chi connectivity index (χ4n) is 3.23. The molecule has 0 atom stereocenters. The van der Waals surface area contributed by atoms with E-state index in [1.807, 2.05) is 49.4 Å². The monoisotopic (exact) mass is 500 g/mol. The van der Waals surface area contributed by atoms with Gasteiger partial charge in [-0.25, -0.2) is 14.6 Å². The van der Waals surface area contributed by atoms with E-state index in [0.29, 0.717) is 22.9 Å². The first-order chi connectivity index (χ1) is 16.6. The molecule has 9 nitrogen and oxygen atoms in total. The van der Waals surface area contributed by atoms with Crippen molar-refractivity contribution in [1.29, 1.82) is 0 Å². The van der Waals surface area contributed by atoms with Gasteiger partial charge in [-0.3, -0.25) is 0 Å². The number of nitrogen functional groups attached to an aromatic ring is 1. The minimum absolute atomic E-state index is 0.000441. The molecule has 0 radical (unpaired) electrons. The number of anilines is 1. The number of hydrogen-bond acceptors (Lipinski definition) is 7. The summed E-state index contributed by atoms with van der Waals surface area (Å²) in [5, 5.41) is 9.27. The molecule has 2 amide bonds. The molecule has 0 unspecified atom stereocenters. The summed E-state index contributed by atoms with van der Waals surface area (Å²) in [6.45, 7) is 2.61. The Morgan fingerprint density at radius 2 is 1.74 bits per heavy atom. The zero-order valence-corrected chi connectivity index (χ0v) is 21.7. The van der Waals surface area contributed by atoms with Crippen molar-refractivity contribution >= 4 is 28.5 Å². The fraction of sp³-hybridized carbons (Fsp3) is 0.320. The minimum Gasteiger partial charge on any atom is -0.493 e. The Labute approximate surface area is 209 Å². The maximum atomic E-state index is 11.7. The van der Waals surface area contributed by atoms with E-state index in [2.05, 4.69) is 4.98 Å². The van der Waals surface area contributed by atoms with Crippen LogP contribution in [0.4, 0.5) is 9.93 Å². The van der Waals surface area contributed by atoms with E-state index in [1.54, 1.807) is 45.2 Å². The molecule has 3 aromatic rings. The number of thiazole rings is 1. The summed E-state index contributed by atoms with van der Waals surface area (Å²) in [6.07, 6.45) is 0.774. The van der Waals surface area contributed by atoms with Crippen molar-refractivity contribution in [2.45, 2.75) is 13.3 Å². The number of aryl methyl sites for hydroxylation is 1. The third kappa shape index (κ3) is 7.61. The molecule has 1 heterocycles. The molecule has 0 aliphatic rings. The molecule has 2 aromatic carbocycles. The van der Waals surface area contributed by atoms with E-state index in [-0.39, 0.29) is 16.9 Å². The molecule has 0 aliphatic carbocycles. The van der Waals surface area contributed by atoms with Gasteiger partial charge in [-0.15, -0.1) is 0 Å². The molecule has 35 heavy (non-hydrogen) atoms. The first-order valence-corrected chi connectivity index (χ1v) is 11.6. The molecular weight excluding hydrogens is 468 g/mol. The maximum absolute atomic E-state index is 11.7. The summed E-state index contributed by atoms with van der Waals surface area (Å²) in [4.78, 5) is 30.4. The largest absolute Gasteiger partial charge is 0.493 e. The lowest BCUT2D eigenvalue weighted by Crippen LogP contribution is -2.37. The second-order valence-corrected chi connectivity index (χ2v) is 8.97. The quantitative estimate of drug-likeness (QED) is 0.498. The number of aromatic nitrogens is 1. The van der Waals surface area contributed by atoms with Gasteiger partial charge < -0.3 is 30.1 Å². The molecule has 1 aromatic heterocycles. The normalized spacial score (nSPS) is 10.1. The van der Waals surface area contributed by atoms with Crippen molar-refractivity contribution in [2.75, 3.05) is 47.6 Å². The summed E-state index contributed by atoms with van der Waals surface area (Å²) in [6, 6.07) is 13.4. The summed E-state index contributed by atoms with van der Waals surface area (Å²) < 4.78 is 10.4. The first-order valence-electron chi connectivity index (χ1n) is 10.8. The fourth-order valence-corrected chi connectivity index (χ4v) is 4.05. The smallest absolute Gasteiger partial charge is 0.356 e. The van der Waals surface area contributed by atoms with Crippen molar-refractivity contribution in [3.05, 3.63) is 59.3 Å². The van der Waals surface area contributed by atoms with Crippen molar-refractivity contribution < 1.29 is 24.2 Å². The van der Waals surface area contributed by atoms with Crippen LogP contribution in [0.3, 0.4) is 0 Å². The van der Waals surface area contributed by atoms with Crippen LogP contribution >= 0.6 is 11.3 Å². The van der Waals surface area contributed by atoms with Gasteiger partial charge >= 0.3 is 12.0 Å². The average Bonchev–Trinajstić information content (AvgIpc) is 3.24. The molecule has 0 fully saturated rings. The van der Waals surface area contributed by atoms with Crippen LogP contribution in [-0.2, 0) is 6.42 Å². The number of nitrogens with zero attached hydrogens (tertiary/aromatic N) is 3. The zero-order valence-electron chi connectivity index (χ0n) is 20.9. The number of hydrogen-bond donors (Lipinski definition) is 2. The molecule has 3 rings (SSSR count). The first kappa shape index (κ1) is 27.5. The van der Waals surface area contributed by atoms with Gasteiger partial charge in [0.1, 0.15) is 0 Å². The zero-order chi connectivity index (χ0) is 26.1. The third-order valence-electron chi connectivity index (χ3n) is 5.02. The van der Waals surface area contributed by atoms with Gasteiger partial charge in [0, 0.05) is 27.7 Å². The summed E-state index contributed by atoms with van der Waals surface area (Å²) in [5.41, 5.74) is 8.58. The number of carbonyl (C=O) groups is 2. The molecule has 0 saturated carbocycles. The van der Waals surface area contributed by atoms with Gasteiger partial charge in [0.25, 0.3) is 0 Å². The van der Waals surface area contributed by atoms with Gasteiger partial charge in [0.05, 0.1) is 19.1 Å². The Kier molecular flexibility index (Phi) is 9.89. The second kappa shape index (κ2) is 12.6. The van der Waals surface area contributed by atoms with Crippen LogP contribution in [0.25, 0.3) is 10.4 Å². The Bertz CT molecular complexity index is 1160. The Morgan fingerprint density at radius 1 is 1.06 bits per heavy atom. The number of carboxylic acid groups (broad SMARTS) is 1. The van der Waals surface area contributed by atoms with E-state index in [0.717, 1.165) is 23.1 Å². The molecule has 0 bridgehead atoms. The number of carbonyl (C=O) groups excluding carboxylic acids is 1. The summed E-state index contributed by atoms with van der Waals surface area (Å²) in [7, 11) is 8.51. The highest BCUT2D eigenvalue weighted by molar-refractivity contribution is 7.19. The van der Waals surface area contributed by atoms with E-state index >= 15 is 0 Å². The number of amides is 2. The predicted octanol–water partition coefficient (Wildman–Crippen LogP) is 4.26. The lowest BCUT2D eigenvalue weighted by atomic mass is 10.1. The number of carboxylic acids is 1. The number of nitrogens with two attached hydrogens (primary N) is 1. The maximum Gasteiger partial charge on any atom is 0.356 e. The lowest BCUT2D eigenvalue weighted by Gasteiger charge is -2.21. The van der Waals surface area contributed by atoms with Crippen LogP contribution in [0.15, 0.2) is 42.5 Å². The highest BCUT2D eigenvalue weighted by Crippen LogP contribution is 2.32. The Morgan fingerprint density at radius 3 is 2.31 bits per heavy atom. The van der Waals surface area contributed by atoms with Crippen LogP contribution in [0.2, 0.25) is 0 Å². The van der Waals surface area contributed by atoms with Gasteiger partial charge in [0.2, 0.25) is 0 Å². The molecule has 0 saturated heterocycles. The number of aromatic carboxylic acids is 1. The highest BCUT2D eigenvalue weighted by Gasteiger charge is 2.17. The van der Waals surface area contributed by atoms with Crippen molar-refractivity contribution in [3.8, 4) is 21.9 Å². The van der Waals surface area contributed by atoms with Crippen molar-refractivity contribution in [2.24, 2.45) is 0 Å².